The Morgan fingerprint density at radius 1 is 1.35 bits per heavy atom. The molecule has 7 heteroatoms. The molecular formula is C13H26IN3O2S. The molecule has 2 aliphatic rings. The van der Waals surface area contributed by atoms with Gasteiger partial charge in [0.1, 0.15) is 0 Å². The van der Waals surface area contributed by atoms with E-state index < -0.39 is 9.84 Å². The van der Waals surface area contributed by atoms with Gasteiger partial charge in [-0.15, -0.1) is 24.0 Å². The maximum atomic E-state index is 11.5. The number of sulfone groups is 1. The summed E-state index contributed by atoms with van der Waals surface area (Å²) in [5.74, 6) is 1.25. The van der Waals surface area contributed by atoms with E-state index in [1.165, 1.54) is 25.7 Å². The Labute approximate surface area is 139 Å². The topological polar surface area (TPSA) is 61.8 Å². The standard InChI is InChI=1S/C13H25N3O2S.HI/c1-3-19(17,18)10-8-15-12(14-2)16-9-7-13(11-16)5-4-6-13;/h3-11H2,1-2H3,(H,14,15);1H. The van der Waals surface area contributed by atoms with Crippen molar-refractivity contribution in [1.29, 1.82) is 0 Å². The van der Waals surface area contributed by atoms with Crippen LogP contribution < -0.4 is 5.32 Å². The highest BCUT2D eigenvalue weighted by Crippen LogP contribution is 2.47. The van der Waals surface area contributed by atoms with Crippen molar-refractivity contribution in [1.82, 2.24) is 10.2 Å². The second kappa shape index (κ2) is 7.29. The summed E-state index contributed by atoms with van der Waals surface area (Å²) in [5, 5.41) is 3.18. The molecule has 0 radical (unpaired) electrons. The van der Waals surface area contributed by atoms with E-state index in [4.69, 9.17) is 0 Å². The minimum absolute atomic E-state index is 0. The van der Waals surface area contributed by atoms with Crippen LogP contribution in [0.25, 0.3) is 0 Å². The van der Waals surface area contributed by atoms with E-state index in [0.29, 0.717) is 12.0 Å². The number of hydrogen-bond acceptors (Lipinski definition) is 3. The van der Waals surface area contributed by atoms with Gasteiger partial charge in [-0.1, -0.05) is 13.3 Å². The highest BCUT2D eigenvalue weighted by molar-refractivity contribution is 14.0. The lowest BCUT2D eigenvalue weighted by Gasteiger charge is -2.38. The molecular weight excluding hydrogens is 389 g/mol. The van der Waals surface area contributed by atoms with Crippen molar-refractivity contribution in [2.45, 2.75) is 32.6 Å². The van der Waals surface area contributed by atoms with Crippen LogP contribution in [0.15, 0.2) is 4.99 Å². The zero-order chi connectivity index (χ0) is 13.9. The second-order valence-electron chi connectivity index (χ2n) is 5.74. The van der Waals surface area contributed by atoms with Crippen LogP contribution in [0.3, 0.4) is 0 Å². The fourth-order valence-corrected chi connectivity index (χ4v) is 3.70. The van der Waals surface area contributed by atoms with Crippen LogP contribution in [-0.2, 0) is 9.84 Å². The first-order valence-electron chi connectivity index (χ1n) is 7.16. The highest BCUT2D eigenvalue weighted by Gasteiger charge is 2.43. The number of aliphatic imine (C=N–C) groups is 1. The molecule has 1 heterocycles. The minimum atomic E-state index is -2.90. The van der Waals surface area contributed by atoms with Crippen LogP contribution in [0.2, 0.25) is 0 Å². The molecule has 1 N–H and O–H groups in total. The van der Waals surface area contributed by atoms with E-state index in [2.05, 4.69) is 15.2 Å². The lowest BCUT2D eigenvalue weighted by Crippen LogP contribution is -2.43. The third kappa shape index (κ3) is 4.22. The van der Waals surface area contributed by atoms with Crippen LogP contribution in [-0.4, -0.2) is 57.5 Å². The normalized spacial score (nSPS) is 21.5. The highest BCUT2D eigenvalue weighted by atomic mass is 127. The molecule has 2 rings (SSSR count). The molecule has 0 aromatic carbocycles. The molecule has 1 saturated carbocycles. The maximum absolute atomic E-state index is 11.5. The largest absolute Gasteiger partial charge is 0.355 e. The van der Waals surface area contributed by atoms with Gasteiger partial charge in [0.2, 0.25) is 0 Å². The first kappa shape index (κ1) is 18.0. The van der Waals surface area contributed by atoms with Crippen molar-refractivity contribution in [3.05, 3.63) is 0 Å². The number of halogens is 1. The van der Waals surface area contributed by atoms with E-state index in [9.17, 15) is 8.42 Å². The number of nitrogens with one attached hydrogen (secondary N) is 1. The number of nitrogens with zero attached hydrogens (tertiary/aromatic N) is 2. The zero-order valence-corrected chi connectivity index (χ0v) is 15.5. The molecule has 1 saturated heterocycles. The Hall–Kier alpha value is -0.0500. The van der Waals surface area contributed by atoms with Crippen LogP contribution >= 0.6 is 24.0 Å². The molecule has 1 spiro atoms. The Kier molecular flexibility index (Phi) is 6.56. The third-order valence-electron chi connectivity index (χ3n) is 4.50. The van der Waals surface area contributed by atoms with Gasteiger partial charge >= 0.3 is 0 Å². The van der Waals surface area contributed by atoms with E-state index in [1.807, 2.05) is 0 Å². The minimum Gasteiger partial charge on any atom is -0.355 e. The van der Waals surface area contributed by atoms with Crippen molar-refractivity contribution in [3.8, 4) is 0 Å². The Morgan fingerprint density at radius 2 is 2.05 bits per heavy atom. The first-order valence-corrected chi connectivity index (χ1v) is 8.98. The van der Waals surface area contributed by atoms with E-state index in [1.54, 1.807) is 14.0 Å². The van der Waals surface area contributed by atoms with Gasteiger partial charge in [-0.05, 0) is 24.7 Å². The van der Waals surface area contributed by atoms with Crippen LogP contribution in [0.4, 0.5) is 0 Å². The van der Waals surface area contributed by atoms with Crippen LogP contribution in [0, 0.1) is 5.41 Å². The van der Waals surface area contributed by atoms with E-state index >= 15 is 0 Å². The lowest BCUT2D eigenvalue weighted by molar-refractivity contribution is 0.151. The zero-order valence-electron chi connectivity index (χ0n) is 12.4. The molecule has 20 heavy (non-hydrogen) atoms. The molecule has 0 bridgehead atoms. The molecule has 0 atom stereocenters. The van der Waals surface area contributed by atoms with Crippen molar-refractivity contribution in [3.63, 3.8) is 0 Å². The summed E-state index contributed by atoms with van der Waals surface area (Å²) >= 11 is 0. The third-order valence-corrected chi connectivity index (χ3v) is 6.21. The summed E-state index contributed by atoms with van der Waals surface area (Å²) in [5.41, 5.74) is 0.535. The average Bonchev–Trinajstić information content (AvgIpc) is 2.80. The molecule has 1 aliphatic carbocycles. The van der Waals surface area contributed by atoms with Crippen molar-refractivity contribution in [2.75, 3.05) is 38.2 Å². The predicted molar refractivity (Wildman–Crippen MR) is 93.6 cm³/mol. The van der Waals surface area contributed by atoms with Crippen molar-refractivity contribution >= 4 is 39.8 Å². The number of likely N-dealkylation sites (tertiary alicyclic amines) is 1. The Bertz CT molecular complexity index is 447. The molecule has 5 nitrogen and oxygen atoms in total. The number of rotatable bonds is 4. The molecule has 0 unspecified atom stereocenters. The van der Waals surface area contributed by atoms with E-state index in [0.717, 1.165) is 19.0 Å². The number of guanidine groups is 1. The fourth-order valence-electron chi connectivity index (χ4n) is 3.00. The monoisotopic (exact) mass is 415 g/mol. The molecule has 0 aromatic rings. The predicted octanol–water partition coefficient (Wildman–Crippen LogP) is 1.49. The first-order chi connectivity index (χ1) is 9.00. The maximum Gasteiger partial charge on any atom is 0.193 e. The summed E-state index contributed by atoms with van der Waals surface area (Å²) in [6.45, 7) is 4.25. The van der Waals surface area contributed by atoms with Crippen molar-refractivity contribution in [2.24, 2.45) is 10.4 Å². The molecule has 118 valence electrons. The van der Waals surface area contributed by atoms with Gasteiger partial charge in [-0.2, -0.15) is 0 Å². The van der Waals surface area contributed by atoms with Gasteiger partial charge < -0.3 is 10.2 Å². The number of hydrogen-bond donors (Lipinski definition) is 1. The molecule has 0 amide bonds. The van der Waals surface area contributed by atoms with Gasteiger partial charge in [-0.25, -0.2) is 8.42 Å². The lowest BCUT2D eigenvalue weighted by atomic mass is 9.68. The summed E-state index contributed by atoms with van der Waals surface area (Å²) in [7, 11) is -1.13. The molecule has 2 fully saturated rings. The summed E-state index contributed by atoms with van der Waals surface area (Å²) < 4.78 is 22.9. The quantitative estimate of drug-likeness (QED) is 0.430. The smallest absolute Gasteiger partial charge is 0.193 e. The summed E-state index contributed by atoms with van der Waals surface area (Å²) in [6.07, 6.45) is 5.28. The average molecular weight is 415 g/mol. The van der Waals surface area contributed by atoms with Gasteiger partial charge in [0, 0.05) is 32.4 Å². The van der Waals surface area contributed by atoms with Gasteiger partial charge in [0.15, 0.2) is 15.8 Å². The Balaban J connectivity index is 0.00000200. The second-order valence-corrected chi connectivity index (χ2v) is 8.21. The SMILES string of the molecule is CCS(=O)(=O)CCNC(=NC)N1CCC2(CCC2)C1.I. The van der Waals surface area contributed by atoms with Gasteiger partial charge in [0.25, 0.3) is 0 Å². The molecule has 0 aromatic heterocycles. The van der Waals surface area contributed by atoms with Crippen LogP contribution in [0.5, 0.6) is 0 Å². The summed E-state index contributed by atoms with van der Waals surface area (Å²) in [6, 6.07) is 0. The Morgan fingerprint density at radius 3 is 2.50 bits per heavy atom. The van der Waals surface area contributed by atoms with Crippen LogP contribution in [0.1, 0.15) is 32.6 Å². The van der Waals surface area contributed by atoms with E-state index in [-0.39, 0.29) is 35.5 Å². The van der Waals surface area contributed by atoms with Gasteiger partial charge in [0.05, 0.1) is 5.75 Å². The molecule has 1 aliphatic heterocycles. The fraction of sp³-hybridized carbons (Fsp3) is 0.923. The summed E-state index contributed by atoms with van der Waals surface area (Å²) in [4.78, 5) is 6.55. The van der Waals surface area contributed by atoms with Gasteiger partial charge in [-0.3, -0.25) is 4.99 Å². The van der Waals surface area contributed by atoms with Crippen molar-refractivity contribution < 1.29 is 8.42 Å².